The summed E-state index contributed by atoms with van der Waals surface area (Å²) in [4.78, 5) is 2.43. The van der Waals surface area contributed by atoms with E-state index in [0.717, 1.165) is 23.4 Å². The molecule has 19 heavy (non-hydrogen) atoms. The summed E-state index contributed by atoms with van der Waals surface area (Å²) in [7, 11) is 2.21. The van der Waals surface area contributed by atoms with Gasteiger partial charge in [-0.05, 0) is 44.2 Å². The van der Waals surface area contributed by atoms with Crippen molar-refractivity contribution in [3.05, 3.63) is 28.7 Å². The predicted octanol–water partition coefficient (Wildman–Crippen LogP) is 3.57. The number of rotatable bonds is 5. The van der Waals surface area contributed by atoms with Crippen molar-refractivity contribution < 1.29 is 4.74 Å². The quantitative estimate of drug-likeness (QED) is 0.516. The van der Waals surface area contributed by atoms with Gasteiger partial charge in [-0.25, -0.2) is 3.11 Å². The molecule has 0 amide bonds. The van der Waals surface area contributed by atoms with Crippen LogP contribution in [-0.2, 0) is 0 Å². The fourth-order valence-electron chi connectivity index (χ4n) is 2.30. The third-order valence-electron chi connectivity index (χ3n) is 3.56. The van der Waals surface area contributed by atoms with E-state index >= 15 is 0 Å². The standard InChI is InChI=1S/C14H20BrIN2O/c1-17(13-6-8-18(16)9-7-13)10-11-19-14-4-2-12(15)3-5-14/h2-5,13H,6-11H2,1H3. The molecule has 0 bridgehead atoms. The van der Waals surface area contributed by atoms with Gasteiger partial charge in [0.05, 0.1) is 0 Å². The van der Waals surface area contributed by atoms with Crippen molar-refractivity contribution in [3.63, 3.8) is 0 Å². The lowest BCUT2D eigenvalue weighted by Gasteiger charge is -2.34. The Morgan fingerprint density at radius 2 is 1.95 bits per heavy atom. The Hall–Kier alpha value is 0.150. The Bertz CT molecular complexity index is 380. The van der Waals surface area contributed by atoms with E-state index in [4.69, 9.17) is 4.74 Å². The van der Waals surface area contributed by atoms with Gasteiger partial charge in [0.1, 0.15) is 12.4 Å². The lowest BCUT2D eigenvalue weighted by Crippen LogP contribution is -2.41. The molecular formula is C14H20BrIN2O. The smallest absolute Gasteiger partial charge is 0.119 e. The zero-order valence-corrected chi connectivity index (χ0v) is 14.9. The van der Waals surface area contributed by atoms with Gasteiger partial charge >= 0.3 is 0 Å². The monoisotopic (exact) mass is 438 g/mol. The Kier molecular flexibility index (Phi) is 6.38. The highest BCUT2D eigenvalue weighted by molar-refractivity contribution is 14.1. The first-order valence-electron chi connectivity index (χ1n) is 6.64. The zero-order valence-electron chi connectivity index (χ0n) is 11.2. The van der Waals surface area contributed by atoms with Gasteiger partial charge in [-0.3, -0.25) is 4.90 Å². The van der Waals surface area contributed by atoms with E-state index in [-0.39, 0.29) is 0 Å². The van der Waals surface area contributed by atoms with Gasteiger partial charge in [0.25, 0.3) is 0 Å². The van der Waals surface area contributed by atoms with Crippen molar-refractivity contribution in [2.75, 3.05) is 33.3 Å². The Labute approximate surface area is 137 Å². The van der Waals surface area contributed by atoms with Gasteiger partial charge in [-0.15, -0.1) is 0 Å². The van der Waals surface area contributed by atoms with Crippen molar-refractivity contribution in [2.24, 2.45) is 0 Å². The molecule has 0 saturated carbocycles. The molecule has 106 valence electrons. The molecule has 0 spiro atoms. The third kappa shape index (κ3) is 5.21. The molecule has 1 aliphatic heterocycles. The van der Waals surface area contributed by atoms with Crippen molar-refractivity contribution in [1.82, 2.24) is 8.01 Å². The van der Waals surface area contributed by atoms with E-state index in [9.17, 15) is 0 Å². The number of ether oxygens (including phenoxy) is 1. The molecule has 0 atom stereocenters. The minimum Gasteiger partial charge on any atom is -0.492 e. The van der Waals surface area contributed by atoms with Crippen LogP contribution in [0.2, 0.25) is 0 Å². The molecule has 1 saturated heterocycles. The van der Waals surface area contributed by atoms with E-state index in [1.807, 2.05) is 24.3 Å². The van der Waals surface area contributed by atoms with E-state index < -0.39 is 0 Å². The van der Waals surface area contributed by atoms with Crippen LogP contribution >= 0.6 is 38.8 Å². The molecule has 0 aromatic heterocycles. The lowest BCUT2D eigenvalue weighted by molar-refractivity contribution is 0.152. The summed E-state index contributed by atoms with van der Waals surface area (Å²) >= 11 is 5.84. The number of likely N-dealkylation sites (N-methyl/N-ethyl adjacent to an activating group) is 1. The Morgan fingerprint density at radius 1 is 1.32 bits per heavy atom. The van der Waals surface area contributed by atoms with Crippen LogP contribution < -0.4 is 4.74 Å². The summed E-state index contributed by atoms with van der Waals surface area (Å²) < 4.78 is 9.23. The van der Waals surface area contributed by atoms with Gasteiger partial charge < -0.3 is 4.74 Å². The van der Waals surface area contributed by atoms with E-state index in [2.05, 4.69) is 53.9 Å². The molecule has 0 aliphatic carbocycles. The molecule has 1 fully saturated rings. The molecular weight excluding hydrogens is 419 g/mol. The van der Waals surface area contributed by atoms with Gasteiger partial charge in [-0.1, -0.05) is 15.9 Å². The first-order chi connectivity index (χ1) is 9.15. The maximum Gasteiger partial charge on any atom is 0.119 e. The number of nitrogens with zero attached hydrogens (tertiary/aromatic N) is 2. The molecule has 2 rings (SSSR count). The molecule has 1 aliphatic rings. The van der Waals surface area contributed by atoms with E-state index in [1.54, 1.807) is 0 Å². The van der Waals surface area contributed by atoms with Crippen LogP contribution in [0.1, 0.15) is 12.8 Å². The van der Waals surface area contributed by atoms with Crippen LogP contribution in [-0.4, -0.2) is 47.3 Å². The molecule has 0 radical (unpaired) electrons. The van der Waals surface area contributed by atoms with Crippen molar-refractivity contribution in [3.8, 4) is 5.75 Å². The van der Waals surface area contributed by atoms with Crippen LogP contribution in [0.3, 0.4) is 0 Å². The molecule has 0 unspecified atom stereocenters. The fraction of sp³-hybridized carbons (Fsp3) is 0.571. The molecule has 0 N–H and O–H groups in total. The summed E-state index contributed by atoms with van der Waals surface area (Å²) in [5.74, 6) is 0.943. The van der Waals surface area contributed by atoms with E-state index in [0.29, 0.717) is 6.04 Å². The number of hydrogen-bond donors (Lipinski definition) is 0. The van der Waals surface area contributed by atoms with Gasteiger partial charge in [0.15, 0.2) is 0 Å². The van der Waals surface area contributed by atoms with Crippen molar-refractivity contribution in [2.45, 2.75) is 18.9 Å². The van der Waals surface area contributed by atoms with E-state index in [1.165, 1.54) is 25.9 Å². The largest absolute Gasteiger partial charge is 0.492 e. The third-order valence-corrected chi connectivity index (χ3v) is 5.05. The molecule has 5 heteroatoms. The van der Waals surface area contributed by atoms with Crippen LogP contribution in [0.25, 0.3) is 0 Å². The molecule has 3 nitrogen and oxygen atoms in total. The normalized spacial score (nSPS) is 17.9. The van der Waals surface area contributed by atoms with Gasteiger partial charge in [0.2, 0.25) is 0 Å². The number of benzene rings is 1. The summed E-state index contributed by atoms with van der Waals surface area (Å²) in [6, 6.07) is 8.72. The Morgan fingerprint density at radius 3 is 2.58 bits per heavy atom. The maximum atomic E-state index is 5.77. The topological polar surface area (TPSA) is 15.7 Å². The molecule has 1 aromatic rings. The second kappa shape index (κ2) is 7.81. The second-order valence-corrected chi connectivity index (χ2v) is 7.20. The highest BCUT2D eigenvalue weighted by atomic mass is 127. The first-order valence-corrected chi connectivity index (χ1v) is 8.40. The number of halogens is 2. The average molecular weight is 439 g/mol. The Balaban J connectivity index is 1.69. The highest BCUT2D eigenvalue weighted by Crippen LogP contribution is 2.18. The first kappa shape index (κ1) is 15.5. The van der Waals surface area contributed by atoms with Crippen LogP contribution in [0.5, 0.6) is 5.75 Å². The summed E-state index contributed by atoms with van der Waals surface area (Å²) in [6.45, 7) is 4.14. The maximum absolute atomic E-state index is 5.77. The SMILES string of the molecule is CN(CCOc1ccc(Br)cc1)C1CCN(I)CC1. The predicted molar refractivity (Wildman–Crippen MR) is 90.9 cm³/mol. The minimum atomic E-state index is 0.708. The summed E-state index contributed by atoms with van der Waals surface area (Å²) in [6.07, 6.45) is 2.52. The van der Waals surface area contributed by atoms with Gasteiger partial charge in [0, 0.05) is 53.0 Å². The number of piperidine rings is 1. The second-order valence-electron chi connectivity index (χ2n) is 4.92. The summed E-state index contributed by atoms with van der Waals surface area (Å²) in [5, 5.41) is 0. The van der Waals surface area contributed by atoms with Crippen molar-refractivity contribution >= 4 is 38.8 Å². The van der Waals surface area contributed by atoms with Crippen LogP contribution in [0.15, 0.2) is 28.7 Å². The van der Waals surface area contributed by atoms with Crippen LogP contribution in [0, 0.1) is 0 Å². The fourth-order valence-corrected chi connectivity index (χ4v) is 3.12. The zero-order chi connectivity index (χ0) is 13.7. The van der Waals surface area contributed by atoms with Gasteiger partial charge in [-0.2, -0.15) is 0 Å². The summed E-state index contributed by atoms with van der Waals surface area (Å²) in [5.41, 5.74) is 0. The molecule has 1 aromatic carbocycles. The highest BCUT2D eigenvalue weighted by Gasteiger charge is 2.20. The molecule has 1 heterocycles. The van der Waals surface area contributed by atoms with Crippen molar-refractivity contribution in [1.29, 1.82) is 0 Å². The van der Waals surface area contributed by atoms with Crippen LogP contribution in [0.4, 0.5) is 0 Å². The number of hydrogen-bond acceptors (Lipinski definition) is 3. The lowest BCUT2D eigenvalue weighted by atomic mass is 10.1. The average Bonchev–Trinajstić information content (AvgIpc) is 2.41. The minimum absolute atomic E-state index is 0.708.